The van der Waals surface area contributed by atoms with Crippen molar-refractivity contribution in [3.63, 3.8) is 0 Å². The van der Waals surface area contributed by atoms with Crippen LogP contribution in [0.15, 0.2) is 48.5 Å². The van der Waals surface area contributed by atoms with E-state index in [0.717, 1.165) is 25.9 Å². The van der Waals surface area contributed by atoms with E-state index in [-0.39, 0.29) is 36.3 Å². The van der Waals surface area contributed by atoms with Gasteiger partial charge in [-0.05, 0) is 45.1 Å². The summed E-state index contributed by atoms with van der Waals surface area (Å²) in [5.41, 5.74) is 1.82. The summed E-state index contributed by atoms with van der Waals surface area (Å²) in [6.07, 6.45) is 1.98. The lowest BCUT2D eigenvalue weighted by atomic mass is 9.91. The molecule has 0 saturated carbocycles. The summed E-state index contributed by atoms with van der Waals surface area (Å²) in [5.74, 6) is 0.179. The SMILES string of the molecule is CN1CCC(C(=O)c2cccc(CC(=O)c3ccccc3)n2)CC1.Cl. The van der Waals surface area contributed by atoms with Crippen LogP contribution in [-0.4, -0.2) is 41.6 Å². The van der Waals surface area contributed by atoms with Crippen molar-refractivity contribution in [2.45, 2.75) is 19.3 Å². The first kappa shape index (κ1) is 19.3. The van der Waals surface area contributed by atoms with Gasteiger partial charge in [-0.1, -0.05) is 36.4 Å². The lowest BCUT2D eigenvalue weighted by Crippen LogP contribution is -2.33. The molecule has 0 bridgehead atoms. The number of hydrogen-bond donors (Lipinski definition) is 0. The topological polar surface area (TPSA) is 50.3 Å². The Labute approximate surface area is 154 Å². The third-order valence-electron chi connectivity index (χ3n) is 4.59. The monoisotopic (exact) mass is 358 g/mol. The molecule has 5 heteroatoms. The van der Waals surface area contributed by atoms with Crippen LogP contribution in [0.1, 0.15) is 39.4 Å². The fraction of sp³-hybridized carbons (Fsp3) is 0.350. The largest absolute Gasteiger partial charge is 0.306 e. The summed E-state index contributed by atoms with van der Waals surface area (Å²) in [6.45, 7) is 1.89. The van der Waals surface area contributed by atoms with Crippen LogP contribution in [-0.2, 0) is 6.42 Å². The molecule has 25 heavy (non-hydrogen) atoms. The Morgan fingerprint density at radius 3 is 2.40 bits per heavy atom. The lowest BCUT2D eigenvalue weighted by Gasteiger charge is -2.27. The molecular weight excluding hydrogens is 336 g/mol. The quantitative estimate of drug-likeness (QED) is 0.768. The summed E-state index contributed by atoms with van der Waals surface area (Å²) in [6, 6.07) is 14.6. The molecule has 2 aromatic rings. The molecule has 132 valence electrons. The molecule has 1 fully saturated rings. The molecule has 0 spiro atoms. The number of benzene rings is 1. The Kier molecular flexibility index (Phi) is 6.85. The van der Waals surface area contributed by atoms with Crippen molar-refractivity contribution in [3.8, 4) is 0 Å². The number of hydrogen-bond acceptors (Lipinski definition) is 4. The first-order valence-corrected chi connectivity index (χ1v) is 8.40. The van der Waals surface area contributed by atoms with Crippen LogP contribution in [0.5, 0.6) is 0 Å². The Bertz CT molecular complexity index is 725. The maximum Gasteiger partial charge on any atom is 0.184 e. The maximum atomic E-state index is 12.6. The number of halogens is 1. The fourth-order valence-electron chi connectivity index (χ4n) is 3.09. The van der Waals surface area contributed by atoms with E-state index in [1.165, 1.54) is 0 Å². The molecule has 3 rings (SSSR count). The number of ketones is 2. The van der Waals surface area contributed by atoms with Gasteiger partial charge in [0, 0.05) is 17.2 Å². The van der Waals surface area contributed by atoms with Gasteiger partial charge in [0.25, 0.3) is 0 Å². The highest BCUT2D eigenvalue weighted by atomic mass is 35.5. The zero-order valence-corrected chi connectivity index (χ0v) is 15.2. The van der Waals surface area contributed by atoms with Crippen molar-refractivity contribution < 1.29 is 9.59 Å². The minimum Gasteiger partial charge on any atom is -0.306 e. The highest BCUT2D eigenvalue weighted by molar-refractivity contribution is 5.98. The van der Waals surface area contributed by atoms with Crippen LogP contribution >= 0.6 is 12.4 Å². The summed E-state index contributed by atoms with van der Waals surface area (Å²) in [7, 11) is 2.08. The smallest absolute Gasteiger partial charge is 0.184 e. The average molecular weight is 359 g/mol. The van der Waals surface area contributed by atoms with Crippen LogP contribution in [0, 0.1) is 5.92 Å². The van der Waals surface area contributed by atoms with Crippen molar-refractivity contribution >= 4 is 24.0 Å². The minimum absolute atomic E-state index is 0. The van der Waals surface area contributed by atoms with Gasteiger partial charge in [-0.3, -0.25) is 9.59 Å². The van der Waals surface area contributed by atoms with Crippen molar-refractivity contribution in [3.05, 3.63) is 65.5 Å². The number of rotatable bonds is 5. The van der Waals surface area contributed by atoms with Crippen LogP contribution in [0.2, 0.25) is 0 Å². The highest BCUT2D eigenvalue weighted by Gasteiger charge is 2.25. The van der Waals surface area contributed by atoms with E-state index in [2.05, 4.69) is 16.9 Å². The van der Waals surface area contributed by atoms with Gasteiger partial charge < -0.3 is 4.90 Å². The molecule has 0 atom stereocenters. The summed E-state index contributed by atoms with van der Waals surface area (Å²) >= 11 is 0. The van der Waals surface area contributed by atoms with Crippen LogP contribution in [0.4, 0.5) is 0 Å². The molecule has 1 aromatic heterocycles. The summed E-state index contributed by atoms with van der Waals surface area (Å²) < 4.78 is 0. The van der Waals surface area contributed by atoms with Gasteiger partial charge in [0.1, 0.15) is 5.69 Å². The highest BCUT2D eigenvalue weighted by Crippen LogP contribution is 2.20. The zero-order chi connectivity index (χ0) is 16.9. The first-order chi connectivity index (χ1) is 11.6. The van der Waals surface area contributed by atoms with Crippen molar-refractivity contribution in [2.24, 2.45) is 5.92 Å². The van der Waals surface area contributed by atoms with Crippen LogP contribution in [0.3, 0.4) is 0 Å². The first-order valence-electron chi connectivity index (χ1n) is 8.40. The molecule has 1 saturated heterocycles. The van der Waals surface area contributed by atoms with E-state index in [1.54, 1.807) is 18.2 Å². The van der Waals surface area contributed by atoms with E-state index in [9.17, 15) is 9.59 Å². The average Bonchev–Trinajstić information content (AvgIpc) is 2.63. The molecule has 0 N–H and O–H groups in total. The van der Waals surface area contributed by atoms with E-state index in [1.807, 2.05) is 30.3 Å². The van der Waals surface area contributed by atoms with Gasteiger partial charge in [-0.15, -0.1) is 12.4 Å². The second-order valence-corrected chi connectivity index (χ2v) is 6.42. The number of pyridine rings is 1. The summed E-state index contributed by atoms with van der Waals surface area (Å²) in [4.78, 5) is 31.6. The van der Waals surface area contributed by atoms with Gasteiger partial charge in [0.15, 0.2) is 11.6 Å². The number of likely N-dealkylation sites (tertiary alicyclic amines) is 1. The zero-order valence-electron chi connectivity index (χ0n) is 14.4. The van der Waals surface area contributed by atoms with Crippen molar-refractivity contribution in [1.29, 1.82) is 0 Å². The molecule has 2 heterocycles. The predicted octanol–water partition coefficient (Wildman–Crippen LogP) is 3.45. The van der Waals surface area contributed by atoms with Crippen LogP contribution in [0.25, 0.3) is 0 Å². The number of nitrogens with zero attached hydrogens (tertiary/aromatic N) is 2. The minimum atomic E-state index is 0. The van der Waals surface area contributed by atoms with Gasteiger partial charge in [-0.25, -0.2) is 4.98 Å². The number of Topliss-reactive ketones (excluding diaryl/α,β-unsaturated/α-hetero) is 2. The molecule has 0 amide bonds. The fourth-order valence-corrected chi connectivity index (χ4v) is 3.09. The van der Waals surface area contributed by atoms with E-state index >= 15 is 0 Å². The summed E-state index contributed by atoms with van der Waals surface area (Å²) in [5, 5.41) is 0. The Morgan fingerprint density at radius 2 is 1.72 bits per heavy atom. The van der Waals surface area contributed by atoms with Gasteiger partial charge >= 0.3 is 0 Å². The number of aromatic nitrogens is 1. The Balaban J connectivity index is 0.00000225. The second kappa shape index (κ2) is 8.88. The lowest BCUT2D eigenvalue weighted by molar-refractivity contribution is 0.0850. The van der Waals surface area contributed by atoms with Gasteiger partial charge in [-0.2, -0.15) is 0 Å². The molecule has 0 aliphatic carbocycles. The van der Waals surface area contributed by atoms with Crippen molar-refractivity contribution in [2.75, 3.05) is 20.1 Å². The van der Waals surface area contributed by atoms with E-state index < -0.39 is 0 Å². The normalized spacial score (nSPS) is 15.4. The van der Waals surface area contributed by atoms with Gasteiger partial charge in [0.2, 0.25) is 0 Å². The number of carbonyl (C=O) groups excluding carboxylic acids is 2. The van der Waals surface area contributed by atoms with E-state index in [4.69, 9.17) is 0 Å². The molecule has 1 aliphatic rings. The molecular formula is C20H23ClN2O2. The molecule has 0 radical (unpaired) electrons. The molecule has 0 unspecified atom stereocenters. The Morgan fingerprint density at radius 1 is 1.04 bits per heavy atom. The molecule has 1 aromatic carbocycles. The number of piperidine rings is 1. The number of carbonyl (C=O) groups is 2. The molecule has 4 nitrogen and oxygen atoms in total. The van der Waals surface area contributed by atoms with Crippen LogP contribution < -0.4 is 0 Å². The Hall–Kier alpha value is -2.04. The third-order valence-corrected chi connectivity index (χ3v) is 4.59. The standard InChI is InChI=1S/C20H22N2O2.ClH/c1-22-12-10-16(11-13-22)20(24)18-9-5-8-17(21-18)14-19(23)15-6-3-2-4-7-15;/h2-9,16H,10-14H2,1H3;1H. The second-order valence-electron chi connectivity index (χ2n) is 6.42. The predicted molar refractivity (Wildman–Crippen MR) is 101 cm³/mol. The van der Waals surface area contributed by atoms with Gasteiger partial charge in [0.05, 0.1) is 6.42 Å². The maximum absolute atomic E-state index is 12.6. The molecule has 1 aliphatic heterocycles. The van der Waals surface area contributed by atoms with E-state index in [0.29, 0.717) is 17.0 Å². The van der Waals surface area contributed by atoms with Crippen molar-refractivity contribution in [1.82, 2.24) is 9.88 Å². The third kappa shape index (κ3) is 4.97.